The fourth-order valence-corrected chi connectivity index (χ4v) is 4.04. The largest absolute Gasteiger partial charge is 0.493 e. The highest BCUT2D eigenvalue weighted by Gasteiger charge is 2.24. The summed E-state index contributed by atoms with van der Waals surface area (Å²) in [5.74, 6) is 0.548. The molecular formula is C18H28N2O3S. The van der Waals surface area contributed by atoms with Gasteiger partial charge in [0.05, 0.1) is 17.9 Å². The molecule has 1 aliphatic rings. The fraction of sp³-hybridized carbons (Fsp3) is 0.611. The van der Waals surface area contributed by atoms with Crippen LogP contribution < -0.4 is 10.5 Å². The maximum Gasteiger partial charge on any atom is 0.259 e. The number of nitrogens with two attached hydrogens (primary N) is 1. The van der Waals surface area contributed by atoms with Crippen LogP contribution in [-0.4, -0.2) is 20.9 Å². The van der Waals surface area contributed by atoms with E-state index in [-0.39, 0.29) is 11.6 Å². The van der Waals surface area contributed by atoms with E-state index >= 15 is 0 Å². The van der Waals surface area contributed by atoms with Crippen molar-refractivity contribution in [2.24, 2.45) is 10.1 Å². The maximum absolute atomic E-state index is 11.7. The van der Waals surface area contributed by atoms with E-state index in [9.17, 15) is 8.42 Å². The van der Waals surface area contributed by atoms with Gasteiger partial charge in [-0.25, -0.2) is 8.42 Å². The summed E-state index contributed by atoms with van der Waals surface area (Å²) < 4.78 is 32.7. The van der Waals surface area contributed by atoms with E-state index in [1.807, 2.05) is 6.07 Å². The number of benzene rings is 1. The van der Waals surface area contributed by atoms with Crippen LogP contribution in [0.1, 0.15) is 69.4 Å². The predicted molar refractivity (Wildman–Crippen MR) is 97.9 cm³/mol. The number of hydrogen-bond donors (Lipinski definition) is 1. The van der Waals surface area contributed by atoms with E-state index < -0.39 is 10.0 Å². The van der Waals surface area contributed by atoms with Crippen molar-refractivity contribution in [3.8, 4) is 5.75 Å². The third-order valence-corrected chi connectivity index (χ3v) is 5.35. The maximum atomic E-state index is 11.7. The Labute approximate surface area is 145 Å². The van der Waals surface area contributed by atoms with E-state index in [1.54, 1.807) is 12.1 Å². The number of unbranched alkanes of at least 4 members (excludes halogenated alkanes) is 7. The second kappa shape index (κ2) is 9.06. The monoisotopic (exact) mass is 352 g/mol. The molecule has 1 aromatic rings. The van der Waals surface area contributed by atoms with Crippen molar-refractivity contribution in [3.05, 3.63) is 29.3 Å². The number of hydrogen-bond acceptors (Lipinski definition) is 4. The summed E-state index contributed by atoms with van der Waals surface area (Å²) >= 11 is 0. The van der Waals surface area contributed by atoms with Crippen molar-refractivity contribution in [3.63, 3.8) is 0 Å². The Hall–Kier alpha value is -1.56. The molecule has 2 rings (SSSR count). The van der Waals surface area contributed by atoms with Gasteiger partial charge in [-0.3, -0.25) is 0 Å². The lowest BCUT2D eigenvalue weighted by Crippen LogP contribution is -2.24. The second-order valence-corrected chi connectivity index (χ2v) is 7.95. The molecule has 0 amide bonds. The lowest BCUT2D eigenvalue weighted by Gasteiger charge is -2.18. The highest BCUT2D eigenvalue weighted by Crippen LogP contribution is 2.28. The number of nitrogens with zero attached hydrogens (tertiary/aromatic N) is 1. The Balaban J connectivity index is 1.79. The quantitative estimate of drug-likeness (QED) is 0.650. The van der Waals surface area contributed by atoms with E-state index in [1.165, 1.54) is 38.5 Å². The van der Waals surface area contributed by atoms with Gasteiger partial charge in [0.2, 0.25) is 0 Å². The molecule has 0 bridgehead atoms. The molecule has 0 aliphatic carbocycles. The lowest BCUT2D eigenvalue weighted by molar-refractivity contribution is 0.303. The molecule has 0 saturated carbocycles. The van der Waals surface area contributed by atoms with Crippen molar-refractivity contribution in [2.45, 2.75) is 64.0 Å². The van der Waals surface area contributed by atoms with Crippen LogP contribution in [0.4, 0.5) is 0 Å². The van der Waals surface area contributed by atoms with Crippen LogP contribution in [0.3, 0.4) is 0 Å². The third-order valence-electron chi connectivity index (χ3n) is 4.20. The van der Waals surface area contributed by atoms with Crippen LogP contribution in [0.25, 0.3) is 0 Å². The molecule has 0 unspecified atom stereocenters. The van der Waals surface area contributed by atoms with Crippen LogP contribution in [-0.2, 0) is 15.8 Å². The number of sulfonamides is 1. The smallest absolute Gasteiger partial charge is 0.259 e. The number of amidine groups is 1. The Kier molecular flexibility index (Phi) is 7.09. The third kappa shape index (κ3) is 5.51. The minimum atomic E-state index is -3.50. The first kappa shape index (κ1) is 18.8. The van der Waals surface area contributed by atoms with Crippen LogP contribution >= 0.6 is 0 Å². The van der Waals surface area contributed by atoms with Crippen molar-refractivity contribution in [1.29, 1.82) is 0 Å². The summed E-state index contributed by atoms with van der Waals surface area (Å²) in [6.45, 7) is 2.85. The van der Waals surface area contributed by atoms with Gasteiger partial charge >= 0.3 is 0 Å². The molecule has 1 aromatic carbocycles. The number of fused-ring (bicyclic) bond motifs is 1. The van der Waals surface area contributed by atoms with Crippen LogP contribution in [0.2, 0.25) is 0 Å². The zero-order valence-electron chi connectivity index (χ0n) is 14.5. The minimum Gasteiger partial charge on any atom is -0.493 e. The molecular weight excluding hydrogens is 324 g/mol. The molecule has 0 fully saturated rings. The summed E-state index contributed by atoms with van der Waals surface area (Å²) in [7, 11) is -3.50. The molecule has 0 spiro atoms. The molecule has 0 saturated heterocycles. The van der Waals surface area contributed by atoms with E-state index in [0.717, 1.165) is 12.8 Å². The van der Waals surface area contributed by atoms with Gasteiger partial charge in [-0.1, -0.05) is 64.0 Å². The summed E-state index contributed by atoms with van der Waals surface area (Å²) in [4.78, 5) is 0. The van der Waals surface area contributed by atoms with Gasteiger partial charge in [0.1, 0.15) is 11.6 Å². The topological polar surface area (TPSA) is 81.8 Å². The van der Waals surface area contributed by atoms with Crippen molar-refractivity contribution in [1.82, 2.24) is 0 Å². The standard InChI is InChI=1S/C18H28N2O3S/c1-2-3-4-5-6-7-8-9-13-23-16-12-10-11-15-14-24(21,22)20-18(19)17(15)16/h10-12H,2-9,13-14H2,1H3,(H2,19,20). The van der Waals surface area contributed by atoms with Crippen LogP contribution in [0.5, 0.6) is 5.75 Å². The Morgan fingerprint density at radius 1 is 1.08 bits per heavy atom. The molecule has 6 heteroatoms. The van der Waals surface area contributed by atoms with Gasteiger partial charge < -0.3 is 10.5 Å². The minimum absolute atomic E-state index is 0.0303. The predicted octanol–water partition coefficient (Wildman–Crippen LogP) is 3.75. The molecule has 0 radical (unpaired) electrons. The second-order valence-electron chi connectivity index (χ2n) is 6.32. The first-order valence-electron chi connectivity index (χ1n) is 8.86. The highest BCUT2D eigenvalue weighted by molar-refractivity contribution is 7.89. The van der Waals surface area contributed by atoms with Gasteiger partial charge in [-0.2, -0.15) is 0 Å². The van der Waals surface area contributed by atoms with Gasteiger partial charge in [-0.15, -0.1) is 4.40 Å². The SMILES string of the molecule is CCCCCCCCCCOc1cccc2c1C(N)=NS(=O)(=O)C2. The average Bonchev–Trinajstić information content (AvgIpc) is 2.51. The Morgan fingerprint density at radius 3 is 2.46 bits per heavy atom. The Morgan fingerprint density at radius 2 is 1.75 bits per heavy atom. The first-order chi connectivity index (χ1) is 11.5. The molecule has 1 heterocycles. The van der Waals surface area contributed by atoms with Gasteiger partial charge in [0.25, 0.3) is 10.0 Å². The van der Waals surface area contributed by atoms with Crippen molar-refractivity contribution >= 4 is 15.9 Å². The molecule has 0 aromatic heterocycles. The summed E-state index contributed by atoms with van der Waals surface area (Å²) in [6.07, 6.45) is 9.95. The summed E-state index contributed by atoms with van der Waals surface area (Å²) in [5, 5.41) is 0. The molecule has 24 heavy (non-hydrogen) atoms. The first-order valence-corrected chi connectivity index (χ1v) is 10.5. The molecule has 1 aliphatic heterocycles. The van der Waals surface area contributed by atoms with E-state index in [2.05, 4.69) is 11.3 Å². The van der Waals surface area contributed by atoms with Crippen molar-refractivity contribution < 1.29 is 13.2 Å². The summed E-state index contributed by atoms with van der Waals surface area (Å²) in [6, 6.07) is 5.39. The van der Waals surface area contributed by atoms with Crippen molar-refractivity contribution in [2.75, 3.05) is 6.61 Å². The van der Waals surface area contributed by atoms with Crippen LogP contribution in [0, 0.1) is 0 Å². The number of ether oxygens (including phenoxy) is 1. The molecule has 2 N–H and O–H groups in total. The van der Waals surface area contributed by atoms with Gasteiger partial charge in [-0.05, 0) is 18.1 Å². The van der Waals surface area contributed by atoms with Crippen LogP contribution in [0.15, 0.2) is 22.6 Å². The molecule has 134 valence electrons. The molecule has 5 nitrogen and oxygen atoms in total. The van der Waals surface area contributed by atoms with Gasteiger partial charge in [0, 0.05) is 0 Å². The average molecular weight is 353 g/mol. The fourth-order valence-electron chi connectivity index (χ4n) is 2.95. The highest BCUT2D eigenvalue weighted by atomic mass is 32.2. The van der Waals surface area contributed by atoms with E-state index in [4.69, 9.17) is 10.5 Å². The normalized spacial score (nSPS) is 15.6. The van der Waals surface area contributed by atoms with E-state index in [0.29, 0.717) is 23.5 Å². The van der Waals surface area contributed by atoms with Gasteiger partial charge in [0.15, 0.2) is 0 Å². The summed E-state index contributed by atoms with van der Waals surface area (Å²) in [5.41, 5.74) is 7.12. The zero-order valence-corrected chi connectivity index (χ0v) is 15.3. The lowest BCUT2D eigenvalue weighted by atomic mass is 10.1. The molecule has 0 atom stereocenters. The Bertz CT molecular complexity index is 669. The number of rotatable bonds is 10. The zero-order chi connectivity index (χ0) is 17.4.